The predicted molar refractivity (Wildman–Crippen MR) is 91.2 cm³/mol. The summed E-state index contributed by atoms with van der Waals surface area (Å²) in [7, 11) is 1.67. The summed E-state index contributed by atoms with van der Waals surface area (Å²) in [4.78, 5) is 1.17. The van der Waals surface area contributed by atoms with E-state index in [0.717, 1.165) is 26.6 Å². The SMILES string of the molecule is COc1ccc2cc(C(O)Cc3cc(Br)cs3)ccc2c1. The van der Waals surface area contributed by atoms with Crippen LogP contribution in [0.4, 0.5) is 0 Å². The van der Waals surface area contributed by atoms with E-state index in [2.05, 4.69) is 22.0 Å². The summed E-state index contributed by atoms with van der Waals surface area (Å²) >= 11 is 5.10. The molecule has 1 unspecified atom stereocenters. The van der Waals surface area contributed by atoms with Gasteiger partial charge >= 0.3 is 0 Å². The third-order valence-electron chi connectivity index (χ3n) is 3.47. The highest BCUT2D eigenvalue weighted by Gasteiger charge is 2.11. The van der Waals surface area contributed by atoms with Gasteiger partial charge in [-0.3, -0.25) is 0 Å². The van der Waals surface area contributed by atoms with Gasteiger partial charge in [0.1, 0.15) is 5.75 Å². The molecule has 1 heterocycles. The van der Waals surface area contributed by atoms with Crippen molar-refractivity contribution in [2.24, 2.45) is 0 Å². The Labute approximate surface area is 136 Å². The molecule has 0 radical (unpaired) electrons. The second-order valence-corrected chi connectivity index (χ2v) is 6.84. The molecular formula is C17H15BrO2S. The zero-order chi connectivity index (χ0) is 14.8. The molecule has 21 heavy (non-hydrogen) atoms. The number of hydrogen-bond donors (Lipinski definition) is 1. The largest absolute Gasteiger partial charge is 0.497 e. The lowest BCUT2D eigenvalue weighted by molar-refractivity contribution is 0.179. The van der Waals surface area contributed by atoms with Gasteiger partial charge < -0.3 is 9.84 Å². The number of benzene rings is 2. The molecule has 0 bridgehead atoms. The molecule has 1 N–H and O–H groups in total. The van der Waals surface area contributed by atoms with Crippen LogP contribution in [-0.2, 0) is 6.42 Å². The summed E-state index contributed by atoms with van der Waals surface area (Å²) in [6, 6.07) is 14.1. The molecule has 0 saturated heterocycles. The van der Waals surface area contributed by atoms with Crippen molar-refractivity contribution in [1.29, 1.82) is 0 Å². The highest BCUT2D eigenvalue weighted by Crippen LogP contribution is 2.28. The Morgan fingerprint density at radius 3 is 2.62 bits per heavy atom. The van der Waals surface area contributed by atoms with Gasteiger partial charge in [0.2, 0.25) is 0 Å². The fraction of sp³-hybridized carbons (Fsp3) is 0.176. The van der Waals surface area contributed by atoms with Crippen molar-refractivity contribution in [2.45, 2.75) is 12.5 Å². The van der Waals surface area contributed by atoms with E-state index in [1.807, 2.05) is 41.8 Å². The first-order valence-corrected chi connectivity index (χ1v) is 8.31. The fourth-order valence-electron chi connectivity index (χ4n) is 2.35. The Kier molecular flexibility index (Phi) is 4.29. The lowest BCUT2D eigenvalue weighted by Gasteiger charge is -2.11. The molecule has 2 nitrogen and oxygen atoms in total. The summed E-state index contributed by atoms with van der Waals surface area (Å²) in [5.74, 6) is 0.847. The van der Waals surface area contributed by atoms with Crippen molar-refractivity contribution in [3.05, 3.63) is 62.8 Å². The molecule has 0 saturated carbocycles. The van der Waals surface area contributed by atoms with Crippen LogP contribution < -0.4 is 4.74 Å². The minimum Gasteiger partial charge on any atom is -0.497 e. The first-order chi connectivity index (χ1) is 10.2. The van der Waals surface area contributed by atoms with E-state index in [1.54, 1.807) is 18.4 Å². The number of rotatable bonds is 4. The van der Waals surface area contributed by atoms with Crippen molar-refractivity contribution in [3.8, 4) is 5.75 Å². The number of thiophene rings is 1. The Balaban J connectivity index is 1.86. The van der Waals surface area contributed by atoms with Crippen LogP contribution in [0.2, 0.25) is 0 Å². The van der Waals surface area contributed by atoms with Crippen LogP contribution in [0.3, 0.4) is 0 Å². The normalized spacial score (nSPS) is 12.5. The molecule has 108 valence electrons. The average molecular weight is 363 g/mol. The Bertz CT molecular complexity index is 766. The van der Waals surface area contributed by atoms with E-state index < -0.39 is 6.10 Å². The Morgan fingerprint density at radius 2 is 1.90 bits per heavy atom. The number of ether oxygens (including phenoxy) is 1. The molecule has 0 fully saturated rings. The minimum absolute atomic E-state index is 0.484. The van der Waals surface area contributed by atoms with E-state index in [4.69, 9.17) is 4.74 Å². The number of hydrogen-bond acceptors (Lipinski definition) is 3. The number of fused-ring (bicyclic) bond motifs is 1. The maximum Gasteiger partial charge on any atom is 0.119 e. The van der Waals surface area contributed by atoms with Gasteiger partial charge in [0, 0.05) is 21.2 Å². The van der Waals surface area contributed by atoms with E-state index in [0.29, 0.717) is 6.42 Å². The van der Waals surface area contributed by atoms with Gasteiger partial charge in [-0.15, -0.1) is 11.3 Å². The first-order valence-electron chi connectivity index (χ1n) is 6.64. The van der Waals surface area contributed by atoms with Crippen molar-refractivity contribution in [3.63, 3.8) is 0 Å². The van der Waals surface area contributed by atoms with Crippen LogP contribution in [0, 0.1) is 0 Å². The molecule has 0 spiro atoms. The summed E-state index contributed by atoms with van der Waals surface area (Å²) in [6.07, 6.45) is 0.153. The van der Waals surface area contributed by atoms with Crippen LogP contribution in [0.1, 0.15) is 16.5 Å². The van der Waals surface area contributed by atoms with Gasteiger partial charge in [-0.1, -0.05) is 18.2 Å². The standard InChI is InChI=1S/C17H15BrO2S/c1-20-15-5-4-11-6-13(3-2-12(11)7-15)17(19)9-16-8-14(18)10-21-16/h2-8,10,17,19H,9H2,1H3. The summed E-state index contributed by atoms with van der Waals surface area (Å²) in [5, 5.41) is 14.7. The molecule has 3 aromatic rings. The molecule has 1 atom stereocenters. The van der Waals surface area contributed by atoms with Crippen LogP contribution in [0.5, 0.6) is 5.75 Å². The van der Waals surface area contributed by atoms with E-state index >= 15 is 0 Å². The summed E-state index contributed by atoms with van der Waals surface area (Å²) in [6.45, 7) is 0. The monoisotopic (exact) mass is 362 g/mol. The van der Waals surface area contributed by atoms with Gasteiger partial charge in [-0.25, -0.2) is 0 Å². The molecular weight excluding hydrogens is 348 g/mol. The van der Waals surface area contributed by atoms with Crippen LogP contribution >= 0.6 is 27.3 Å². The maximum atomic E-state index is 10.4. The van der Waals surface area contributed by atoms with Gasteiger partial charge in [-0.05, 0) is 56.5 Å². The molecule has 3 rings (SSSR count). The van der Waals surface area contributed by atoms with Crippen molar-refractivity contribution >= 4 is 38.0 Å². The zero-order valence-electron chi connectivity index (χ0n) is 11.5. The number of halogens is 1. The maximum absolute atomic E-state index is 10.4. The lowest BCUT2D eigenvalue weighted by atomic mass is 10.0. The second-order valence-electron chi connectivity index (χ2n) is 4.92. The summed E-state index contributed by atoms with van der Waals surface area (Å²) < 4.78 is 6.30. The van der Waals surface area contributed by atoms with Crippen LogP contribution in [-0.4, -0.2) is 12.2 Å². The van der Waals surface area contributed by atoms with Gasteiger partial charge in [0.15, 0.2) is 0 Å². The molecule has 0 aliphatic rings. The van der Waals surface area contributed by atoms with Crippen molar-refractivity contribution < 1.29 is 9.84 Å². The smallest absolute Gasteiger partial charge is 0.119 e. The first kappa shape index (κ1) is 14.6. The van der Waals surface area contributed by atoms with Crippen molar-refractivity contribution in [2.75, 3.05) is 7.11 Å². The van der Waals surface area contributed by atoms with Gasteiger partial charge in [0.05, 0.1) is 13.2 Å². The molecule has 0 amide bonds. The highest BCUT2D eigenvalue weighted by molar-refractivity contribution is 9.10. The quantitative estimate of drug-likeness (QED) is 0.711. The third kappa shape index (κ3) is 3.28. The molecule has 2 aromatic carbocycles. The Hall–Kier alpha value is -1.36. The molecule has 0 aliphatic carbocycles. The average Bonchev–Trinajstić information content (AvgIpc) is 2.91. The third-order valence-corrected chi connectivity index (χ3v) is 5.19. The lowest BCUT2D eigenvalue weighted by Crippen LogP contribution is -2.00. The molecule has 4 heteroatoms. The van der Waals surface area contributed by atoms with Crippen LogP contribution in [0.15, 0.2) is 52.3 Å². The van der Waals surface area contributed by atoms with E-state index in [9.17, 15) is 5.11 Å². The van der Waals surface area contributed by atoms with Crippen molar-refractivity contribution in [1.82, 2.24) is 0 Å². The molecule has 1 aromatic heterocycles. The van der Waals surface area contributed by atoms with Crippen LogP contribution in [0.25, 0.3) is 10.8 Å². The minimum atomic E-state index is -0.484. The number of methoxy groups -OCH3 is 1. The summed E-state index contributed by atoms with van der Waals surface area (Å²) in [5.41, 5.74) is 0.942. The fourth-order valence-corrected chi connectivity index (χ4v) is 3.84. The Morgan fingerprint density at radius 1 is 1.14 bits per heavy atom. The predicted octanol–water partition coefficient (Wildman–Crippen LogP) is 4.95. The number of aliphatic hydroxyl groups is 1. The second kappa shape index (κ2) is 6.18. The van der Waals surface area contributed by atoms with E-state index in [-0.39, 0.29) is 0 Å². The van der Waals surface area contributed by atoms with Gasteiger partial charge in [-0.2, -0.15) is 0 Å². The number of aliphatic hydroxyl groups excluding tert-OH is 1. The van der Waals surface area contributed by atoms with E-state index in [1.165, 1.54) is 4.88 Å². The molecule has 0 aliphatic heterocycles. The highest BCUT2D eigenvalue weighted by atomic mass is 79.9. The van der Waals surface area contributed by atoms with Gasteiger partial charge in [0.25, 0.3) is 0 Å². The zero-order valence-corrected chi connectivity index (χ0v) is 13.9. The topological polar surface area (TPSA) is 29.5 Å².